The summed E-state index contributed by atoms with van der Waals surface area (Å²) in [5.74, 6) is 0.651. The second kappa shape index (κ2) is 7.74. The van der Waals surface area contributed by atoms with Gasteiger partial charge in [0.1, 0.15) is 0 Å². The summed E-state index contributed by atoms with van der Waals surface area (Å²) in [6.45, 7) is 0.558. The van der Waals surface area contributed by atoms with Crippen LogP contribution in [0.25, 0.3) is 11.4 Å². The highest BCUT2D eigenvalue weighted by Gasteiger charge is 2.45. The molecule has 1 N–H and O–H groups in total. The lowest BCUT2D eigenvalue weighted by atomic mass is 9.95. The van der Waals surface area contributed by atoms with Crippen LogP contribution >= 0.6 is 0 Å². The van der Waals surface area contributed by atoms with Gasteiger partial charge in [0.2, 0.25) is 5.95 Å². The Balaban J connectivity index is 1.23. The number of nitrogens with zero attached hydrogens (tertiary/aromatic N) is 3. The fourth-order valence-electron chi connectivity index (χ4n) is 4.01. The first-order valence-electron chi connectivity index (χ1n) is 10.4. The Bertz CT molecular complexity index is 1140. The molecule has 1 fully saturated rings. The number of carbonyl (C=O) groups is 1. The first kappa shape index (κ1) is 20.7. The summed E-state index contributed by atoms with van der Waals surface area (Å²) >= 11 is 0. The maximum Gasteiger partial charge on any atom is 0.416 e. The van der Waals surface area contributed by atoms with E-state index >= 15 is 0 Å². The summed E-state index contributed by atoms with van der Waals surface area (Å²) in [6, 6.07) is 14.6. The minimum Gasteiger partial charge on any atom is -0.378 e. The van der Waals surface area contributed by atoms with Gasteiger partial charge < -0.3 is 10.1 Å². The van der Waals surface area contributed by atoms with Gasteiger partial charge in [-0.3, -0.25) is 4.79 Å². The molecule has 5 rings (SSSR count). The summed E-state index contributed by atoms with van der Waals surface area (Å²) in [7, 11) is 0. The Hall–Kier alpha value is -3.20. The van der Waals surface area contributed by atoms with Gasteiger partial charge in [-0.2, -0.15) is 22.8 Å². The molecular formula is C23H21F3N4O2. The largest absolute Gasteiger partial charge is 0.416 e. The Morgan fingerprint density at radius 3 is 2.62 bits per heavy atom. The molecule has 0 spiro atoms. The molecule has 0 radical (unpaired) electrons. The number of carbonyl (C=O) groups excluding carboxylic acids is 1. The highest BCUT2D eigenvalue weighted by Crippen LogP contribution is 2.49. The van der Waals surface area contributed by atoms with E-state index in [-0.39, 0.29) is 30.4 Å². The number of nitrogens with one attached hydrogen (secondary N) is 1. The van der Waals surface area contributed by atoms with E-state index in [1.807, 2.05) is 30.3 Å². The van der Waals surface area contributed by atoms with Crippen molar-refractivity contribution in [2.24, 2.45) is 0 Å². The number of anilines is 1. The van der Waals surface area contributed by atoms with Crippen molar-refractivity contribution in [3.63, 3.8) is 0 Å². The van der Waals surface area contributed by atoms with E-state index < -0.39 is 11.7 Å². The van der Waals surface area contributed by atoms with Crippen LogP contribution in [0.4, 0.5) is 19.1 Å². The zero-order chi connectivity index (χ0) is 22.3. The van der Waals surface area contributed by atoms with Crippen LogP contribution in [0.15, 0.2) is 54.6 Å². The van der Waals surface area contributed by atoms with Crippen LogP contribution in [0.1, 0.15) is 35.2 Å². The molecule has 2 heterocycles. The van der Waals surface area contributed by atoms with Crippen LogP contribution in [0.3, 0.4) is 0 Å². The van der Waals surface area contributed by atoms with Crippen molar-refractivity contribution in [2.45, 2.75) is 36.9 Å². The van der Waals surface area contributed by atoms with Gasteiger partial charge in [0.25, 0.3) is 5.91 Å². The smallest absolute Gasteiger partial charge is 0.378 e. The van der Waals surface area contributed by atoms with E-state index in [1.165, 1.54) is 16.8 Å². The molecule has 3 aromatic rings. The number of benzene rings is 2. The number of hydrogen-bond donors (Lipinski definition) is 1. The fourth-order valence-corrected chi connectivity index (χ4v) is 4.01. The summed E-state index contributed by atoms with van der Waals surface area (Å²) in [5.41, 5.74) is 0.427. The topological polar surface area (TPSA) is 69.0 Å². The first-order chi connectivity index (χ1) is 15.3. The molecule has 1 aromatic heterocycles. The summed E-state index contributed by atoms with van der Waals surface area (Å²) in [4.78, 5) is 17.0. The Morgan fingerprint density at radius 1 is 1.12 bits per heavy atom. The average Bonchev–Trinajstić information content (AvgIpc) is 3.44. The van der Waals surface area contributed by atoms with Crippen LogP contribution in [0.2, 0.25) is 0 Å². The molecule has 0 amide bonds. The number of fused-ring (bicyclic) bond motifs is 1. The molecule has 1 saturated carbocycles. The van der Waals surface area contributed by atoms with Crippen molar-refractivity contribution < 1.29 is 22.7 Å². The van der Waals surface area contributed by atoms with Crippen LogP contribution in [0, 0.1) is 0 Å². The minimum atomic E-state index is -4.37. The lowest BCUT2D eigenvalue weighted by Gasteiger charge is -2.24. The predicted molar refractivity (Wildman–Crippen MR) is 111 cm³/mol. The molecule has 2 aromatic carbocycles. The van der Waals surface area contributed by atoms with E-state index in [1.54, 1.807) is 6.07 Å². The Morgan fingerprint density at radius 2 is 1.91 bits per heavy atom. The summed E-state index contributed by atoms with van der Waals surface area (Å²) < 4.78 is 46.3. The number of hydrogen-bond acceptors (Lipinski definition) is 5. The van der Waals surface area contributed by atoms with Crippen molar-refractivity contribution in [3.05, 3.63) is 65.7 Å². The van der Waals surface area contributed by atoms with Crippen molar-refractivity contribution in [1.82, 2.24) is 14.8 Å². The number of halogens is 3. The molecule has 166 valence electrons. The standard InChI is InChI=1S/C23H21F3N4O2/c24-23(25,26)17-8-4-7-16(11-17)22(9-10-22)14-32-13-18-12-19(31)30-21(27-18)28-20(29-30)15-5-2-1-3-6-15/h1-8,11,18H,9-10,12-14H2,(H,27,28,29). The van der Waals surface area contributed by atoms with E-state index in [0.29, 0.717) is 23.9 Å². The van der Waals surface area contributed by atoms with Crippen LogP contribution in [-0.4, -0.2) is 39.9 Å². The fraction of sp³-hybridized carbons (Fsp3) is 0.348. The van der Waals surface area contributed by atoms with Gasteiger partial charge in [-0.25, -0.2) is 0 Å². The van der Waals surface area contributed by atoms with Crippen LogP contribution < -0.4 is 5.32 Å². The van der Waals surface area contributed by atoms with Gasteiger partial charge in [-0.15, -0.1) is 5.10 Å². The molecule has 1 aliphatic carbocycles. The van der Waals surface area contributed by atoms with Gasteiger partial charge >= 0.3 is 6.18 Å². The quantitative estimate of drug-likeness (QED) is 0.607. The Kier molecular flexibility index (Phi) is 5.00. The summed E-state index contributed by atoms with van der Waals surface area (Å²) in [5, 5.41) is 7.48. The minimum absolute atomic E-state index is 0.180. The third-order valence-corrected chi connectivity index (χ3v) is 5.98. The van der Waals surface area contributed by atoms with Gasteiger partial charge in [-0.05, 0) is 24.5 Å². The maximum atomic E-state index is 13.1. The molecular weight excluding hydrogens is 421 g/mol. The molecule has 1 unspecified atom stereocenters. The van der Waals surface area contributed by atoms with E-state index in [4.69, 9.17) is 4.74 Å². The number of aromatic nitrogens is 3. The van der Waals surface area contributed by atoms with Crippen LogP contribution in [-0.2, 0) is 16.3 Å². The normalized spacial score (nSPS) is 19.3. The number of rotatable bonds is 6. The van der Waals surface area contributed by atoms with Crippen molar-refractivity contribution in [2.75, 3.05) is 18.5 Å². The average molecular weight is 442 g/mol. The zero-order valence-corrected chi connectivity index (χ0v) is 17.1. The Labute approximate surface area is 182 Å². The van der Waals surface area contributed by atoms with E-state index in [9.17, 15) is 18.0 Å². The number of ether oxygens (including phenoxy) is 1. The van der Waals surface area contributed by atoms with Crippen LogP contribution in [0.5, 0.6) is 0 Å². The maximum absolute atomic E-state index is 13.1. The van der Waals surface area contributed by atoms with Gasteiger partial charge in [0.05, 0.1) is 31.2 Å². The van der Waals surface area contributed by atoms with Gasteiger partial charge in [0, 0.05) is 11.0 Å². The van der Waals surface area contributed by atoms with Gasteiger partial charge in [-0.1, -0.05) is 48.5 Å². The zero-order valence-electron chi connectivity index (χ0n) is 17.1. The van der Waals surface area contributed by atoms with E-state index in [0.717, 1.165) is 24.5 Å². The van der Waals surface area contributed by atoms with E-state index in [2.05, 4.69) is 15.4 Å². The van der Waals surface area contributed by atoms with Gasteiger partial charge in [0.15, 0.2) is 5.82 Å². The lowest BCUT2D eigenvalue weighted by Crippen LogP contribution is -2.37. The highest BCUT2D eigenvalue weighted by molar-refractivity contribution is 5.84. The predicted octanol–water partition coefficient (Wildman–Crippen LogP) is 4.54. The molecule has 1 atom stereocenters. The highest BCUT2D eigenvalue weighted by atomic mass is 19.4. The van der Waals surface area contributed by atoms with Crippen molar-refractivity contribution in [1.29, 1.82) is 0 Å². The molecule has 32 heavy (non-hydrogen) atoms. The SMILES string of the molecule is O=C1CC(COCC2(c3cccc(C(F)(F)F)c3)CC2)Nc2nc(-c3ccccc3)nn21. The molecule has 6 nitrogen and oxygen atoms in total. The van der Waals surface area contributed by atoms with Crippen molar-refractivity contribution in [3.8, 4) is 11.4 Å². The molecule has 0 bridgehead atoms. The molecule has 9 heteroatoms. The number of alkyl halides is 3. The molecule has 0 saturated heterocycles. The molecule has 1 aliphatic heterocycles. The third-order valence-electron chi connectivity index (χ3n) is 5.98. The third kappa shape index (κ3) is 4.00. The lowest BCUT2D eigenvalue weighted by molar-refractivity contribution is -0.137. The second-order valence-electron chi connectivity index (χ2n) is 8.35. The van der Waals surface area contributed by atoms with Crippen molar-refractivity contribution >= 4 is 11.9 Å². The summed E-state index contributed by atoms with van der Waals surface area (Å²) in [6.07, 6.45) is -2.62. The second-order valence-corrected chi connectivity index (χ2v) is 8.35. The molecule has 2 aliphatic rings. The first-order valence-corrected chi connectivity index (χ1v) is 10.4. The monoisotopic (exact) mass is 442 g/mol.